The first-order valence-electron chi connectivity index (χ1n) is 13.4. The van der Waals surface area contributed by atoms with E-state index in [2.05, 4.69) is 30.9 Å². The van der Waals surface area contributed by atoms with E-state index < -0.39 is 0 Å². The van der Waals surface area contributed by atoms with E-state index in [1.165, 1.54) is 0 Å². The van der Waals surface area contributed by atoms with E-state index in [0.717, 1.165) is 37.6 Å². The number of rotatable bonds is 8. The molecule has 2 aromatic rings. The Morgan fingerprint density at radius 2 is 1.68 bits per heavy atom. The average molecular weight is 530 g/mol. The van der Waals surface area contributed by atoms with Gasteiger partial charge in [0.25, 0.3) is 5.91 Å². The number of amides is 2. The fourth-order valence-electron chi connectivity index (χ4n) is 5.11. The number of aryl methyl sites for hydroxylation is 1. The van der Waals surface area contributed by atoms with Crippen molar-refractivity contribution in [3.8, 4) is 5.75 Å². The van der Waals surface area contributed by atoms with Crippen molar-refractivity contribution in [1.29, 1.82) is 0 Å². The van der Waals surface area contributed by atoms with Gasteiger partial charge in [-0.05, 0) is 63.1 Å². The van der Waals surface area contributed by atoms with E-state index in [9.17, 15) is 9.59 Å². The molecule has 37 heavy (non-hydrogen) atoms. The second kappa shape index (κ2) is 11.9. The highest BCUT2D eigenvalue weighted by Gasteiger charge is 2.40. The lowest BCUT2D eigenvalue weighted by Gasteiger charge is -2.42. The van der Waals surface area contributed by atoms with E-state index in [1.807, 2.05) is 47.1 Å². The quantitative estimate of drug-likeness (QED) is 0.514. The van der Waals surface area contributed by atoms with Crippen molar-refractivity contribution in [2.45, 2.75) is 52.5 Å². The van der Waals surface area contributed by atoms with Crippen LogP contribution in [0.1, 0.15) is 62.1 Å². The average Bonchev–Trinajstić information content (AvgIpc) is 3.34. The van der Waals surface area contributed by atoms with Gasteiger partial charge in [-0.1, -0.05) is 25.4 Å². The second-order valence-corrected chi connectivity index (χ2v) is 11.3. The van der Waals surface area contributed by atoms with Crippen molar-refractivity contribution >= 4 is 23.4 Å². The third-order valence-electron chi connectivity index (χ3n) is 7.76. The lowest BCUT2D eigenvalue weighted by Crippen LogP contribution is -2.51. The van der Waals surface area contributed by atoms with Crippen LogP contribution in [-0.4, -0.2) is 89.2 Å². The zero-order valence-electron chi connectivity index (χ0n) is 22.6. The molecule has 0 saturated carbocycles. The molecule has 2 saturated heterocycles. The number of benzene rings is 1. The normalized spacial score (nSPS) is 18.3. The van der Waals surface area contributed by atoms with Gasteiger partial charge in [0.15, 0.2) is 0 Å². The molecule has 0 spiro atoms. The van der Waals surface area contributed by atoms with Crippen molar-refractivity contribution in [3.63, 3.8) is 0 Å². The standard InChI is InChI=1S/C28H40ClN5O3/c1-5-34-25(18-24(30-34)21(2)3)27(36)33-12-10-28(11-13-33,20-37-23-8-6-22(29)7-9-23)19-26(35)32-16-14-31(4)15-17-32/h6-9,18,21H,5,10-17,19-20H2,1-4H3. The lowest BCUT2D eigenvalue weighted by atomic mass is 9.75. The van der Waals surface area contributed by atoms with Gasteiger partial charge >= 0.3 is 0 Å². The predicted octanol–water partition coefficient (Wildman–Crippen LogP) is 4.15. The number of hydrogen-bond acceptors (Lipinski definition) is 5. The fraction of sp³-hybridized carbons (Fsp3) is 0.607. The maximum Gasteiger partial charge on any atom is 0.272 e. The van der Waals surface area contributed by atoms with Gasteiger partial charge in [-0.3, -0.25) is 14.3 Å². The minimum Gasteiger partial charge on any atom is -0.493 e. The minimum absolute atomic E-state index is 0.0128. The molecule has 0 bridgehead atoms. The molecule has 2 amide bonds. The summed E-state index contributed by atoms with van der Waals surface area (Å²) in [6, 6.07) is 9.26. The zero-order chi connectivity index (χ0) is 26.6. The Balaban J connectivity index is 1.47. The molecular weight excluding hydrogens is 490 g/mol. The maximum atomic E-state index is 13.5. The van der Waals surface area contributed by atoms with Crippen molar-refractivity contribution < 1.29 is 14.3 Å². The largest absolute Gasteiger partial charge is 0.493 e. The number of halogens is 1. The Kier molecular flexibility index (Phi) is 8.80. The number of piperazine rings is 1. The van der Waals surface area contributed by atoms with Crippen molar-refractivity contribution in [3.05, 3.63) is 46.7 Å². The van der Waals surface area contributed by atoms with Gasteiger partial charge in [-0.15, -0.1) is 0 Å². The van der Waals surface area contributed by atoms with Crippen LogP contribution in [0, 0.1) is 5.41 Å². The molecule has 0 N–H and O–H groups in total. The molecule has 0 unspecified atom stereocenters. The summed E-state index contributed by atoms with van der Waals surface area (Å²) in [4.78, 5) is 33.0. The first-order valence-corrected chi connectivity index (χ1v) is 13.8. The second-order valence-electron chi connectivity index (χ2n) is 10.8. The lowest BCUT2D eigenvalue weighted by molar-refractivity contribution is -0.136. The first kappa shape index (κ1) is 27.5. The highest BCUT2D eigenvalue weighted by Crippen LogP contribution is 2.37. The maximum absolute atomic E-state index is 13.5. The number of aromatic nitrogens is 2. The number of likely N-dealkylation sites (N-methyl/N-ethyl adjacent to an activating group) is 1. The van der Waals surface area contributed by atoms with Crippen LogP contribution in [0.15, 0.2) is 30.3 Å². The number of carbonyl (C=O) groups excluding carboxylic acids is 2. The Labute approximate surface area is 225 Å². The minimum atomic E-state index is -0.328. The van der Waals surface area contributed by atoms with Gasteiger partial charge in [-0.2, -0.15) is 5.10 Å². The molecule has 4 rings (SSSR count). The number of carbonyl (C=O) groups is 2. The Morgan fingerprint density at radius 3 is 2.27 bits per heavy atom. The van der Waals surface area contributed by atoms with Crippen LogP contribution in [-0.2, 0) is 11.3 Å². The summed E-state index contributed by atoms with van der Waals surface area (Å²) in [6.07, 6.45) is 1.85. The Bertz CT molecular complexity index is 1070. The van der Waals surface area contributed by atoms with Crippen LogP contribution in [0.5, 0.6) is 5.75 Å². The third-order valence-corrected chi connectivity index (χ3v) is 8.01. The summed E-state index contributed by atoms with van der Waals surface area (Å²) in [5, 5.41) is 5.28. The van der Waals surface area contributed by atoms with E-state index in [4.69, 9.17) is 16.3 Å². The van der Waals surface area contributed by atoms with Crippen LogP contribution < -0.4 is 4.74 Å². The smallest absolute Gasteiger partial charge is 0.272 e. The molecule has 0 aliphatic carbocycles. The van der Waals surface area contributed by atoms with Crippen LogP contribution in [0.3, 0.4) is 0 Å². The molecule has 1 aromatic heterocycles. The Morgan fingerprint density at radius 1 is 1.03 bits per heavy atom. The van der Waals surface area contributed by atoms with E-state index in [1.54, 1.807) is 4.68 Å². The van der Waals surface area contributed by atoms with Crippen molar-refractivity contribution in [2.24, 2.45) is 5.41 Å². The summed E-state index contributed by atoms with van der Waals surface area (Å²) in [7, 11) is 2.09. The van der Waals surface area contributed by atoms with Crippen molar-refractivity contribution in [2.75, 3.05) is 52.9 Å². The number of piperidine rings is 1. The summed E-state index contributed by atoms with van der Waals surface area (Å²) in [5.74, 6) is 1.19. The van der Waals surface area contributed by atoms with Gasteiger partial charge in [0.05, 0.1) is 12.3 Å². The van der Waals surface area contributed by atoms with Gasteiger partial charge in [0.1, 0.15) is 11.4 Å². The highest BCUT2D eigenvalue weighted by atomic mass is 35.5. The van der Waals surface area contributed by atoms with Crippen molar-refractivity contribution in [1.82, 2.24) is 24.5 Å². The SMILES string of the molecule is CCn1nc(C(C)C)cc1C(=O)N1CCC(COc2ccc(Cl)cc2)(CC(=O)N2CCN(C)CC2)CC1. The summed E-state index contributed by atoms with van der Waals surface area (Å²) in [6.45, 7) is 11.7. The predicted molar refractivity (Wildman–Crippen MR) is 145 cm³/mol. The Hall–Kier alpha value is -2.58. The molecule has 0 radical (unpaired) electrons. The topological polar surface area (TPSA) is 70.9 Å². The van der Waals surface area contributed by atoms with Crippen LogP contribution in [0.4, 0.5) is 0 Å². The highest BCUT2D eigenvalue weighted by molar-refractivity contribution is 6.30. The number of hydrogen-bond donors (Lipinski definition) is 0. The molecule has 8 nitrogen and oxygen atoms in total. The molecular formula is C28H40ClN5O3. The summed E-state index contributed by atoms with van der Waals surface area (Å²) < 4.78 is 8.01. The monoisotopic (exact) mass is 529 g/mol. The van der Waals surface area contributed by atoms with Crippen LogP contribution in [0.2, 0.25) is 5.02 Å². The molecule has 2 aliphatic heterocycles. The van der Waals surface area contributed by atoms with Gasteiger partial charge in [-0.25, -0.2) is 0 Å². The van der Waals surface area contributed by atoms with E-state index in [0.29, 0.717) is 56.2 Å². The molecule has 3 heterocycles. The number of likely N-dealkylation sites (tertiary alicyclic amines) is 1. The molecule has 1 aromatic carbocycles. The van der Waals surface area contributed by atoms with Gasteiger partial charge in [0, 0.05) is 62.7 Å². The molecule has 2 aliphatic rings. The molecule has 202 valence electrons. The van der Waals surface area contributed by atoms with Gasteiger partial charge in [0.2, 0.25) is 5.91 Å². The summed E-state index contributed by atoms with van der Waals surface area (Å²) in [5.41, 5.74) is 1.25. The first-order chi connectivity index (χ1) is 17.7. The summed E-state index contributed by atoms with van der Waals surface area (Å²) >= 11 is 6.04. The molecule has 2 fully saturated rings. The zero-order valence-corrected chi connectivity index (χ0v) is 23.3. The number of ether oxygens (including phenoxy) is 1. The van der Waals surface area contributed by atoms with Gasteiger partial charge < -0.3 is 19.4 Å². The molecule has 0 atom stereocenters. The van der Waals surface area contributed by atoms with Crippen LogP contribution in [0.25, 0.3) is 0 Å². The van der Waals surface area contributed by atoms with Crippen LogP contribution >= 0.6 is 11.6 Å². The molecule has 9 heteroatoms. The fourth-order valence-corrected chi connectivity index (χ4v) is 5.23. The van der Waals surface area contributed by atoms with E-state index in [-0.39, 0.29) is 23.1 Å². The number of nitrogens with zero attached hydrogens (tertiary/aromatic N) is 5. The van der Waals surface area contributed by atoms with E-state index >= 15 is 0 Å². The third kappa shape index (κ3) is 6.65.